The van der Waals surface area contributed by atoms with Crippen LogP contribution in [0.3, 0.4) is 0 Å². The van der Waals surface area contributed by atoms with Gasteiger partial charge in [-0.3, -0.25) is 9.67 Å². The number of pyridine rings is 1. The molecule has 4 heterocycles. The third-order valence-electron chi connectivity index (χ3n) is 4.99. The lowest BCUT2D eigenvalue weighted by atomic mass is 10.2. The summed E-state index contributed by atoms with van der Waals surface area (Å²) in [5.41, 5.74) is 1.63. The molecule has 0 saturated carbocycles. The molecule has 0 N–H and O–H groups in total. The van der Waals surface area contributed by atoms with Crippen molar-refractivity contribution in [1.82, 2.24) is 45.1 Å². The Kier molecular flexibility index (Phi) is 7.03. The van der Waals surface area contributed by atoms with Crippen molar-refractivity contribution in [1.29, 1.82) is 0 Å². The molecule has 0 unspecified atom stereocenters. The van der Waals surface area contributed by atoms with Crippen molar-refractivity contribution >= 4 is 0 Å². The minimum atomic E-state index is -4.49. The molecule has 36 heavy (non-hydrogen) atoms. The fourth-order valence-corrected chi connectivity index (χ4v) is 3.06. The lowest BCUT2D eigenvalue weighted by Crippen LogP contribution is -2.09. The highest BCUT2D eigenvalue weighted by Crippen LogP contribution is 2.27. The first-order chi connectivity index (χ1) is 17.2. The van der Waals surface area contributed by atoms with Gasteiger partial charge in [-0.05, 0) is 41.1 Å². The van der Waals surface area contributed by atoms with Crippen LogP contribution in [0.2, 0.25) is 0 Å². The maximum absolute atomic E-state index is 12.8. The zero-order valence-electron chi connectivity index (χ0n) is 19.2. The average Bonchev–Trinajstić information content (AvgIpc) is 3.59. The summed E-state index contributed by atoms with van der Waals surface area (Å²) in [5.74, 6) is 0.742. The maximum atomic E-state index is 12.8. The van der Waals surface area contributed by atoms with E-state index < -0.39 is 11.7 Å². The van der Waals surface area contributed by atoms with Crippen LogP contribution in [0.25, 0.3) is 23.0 Å². The highest BCUT2D eigenvalue weighted by atomic mass is 19.4. The van der Waals surface area contributed by atoms with E-state index in [9.17, 15) is 13.2 Å². The van der Waals surface area contributed by atoms with Crippen LogP contribution < -0.4 is 0 Å². The lowest BCUT2D eigenvalue weighted by molar-refractivity contribution is -0.0881. The second-order valence-corrected chi connectivity index (χ2v) is 7.50. The minimum Gasteiger partial charge on any atom is -0.492 e. The van der Waals surface area contributed by atoms with Gasteiger partial charge in [0.25, 0.3) is 5.89 Å². The summed E-state index contributed by atoms with van der Waals surface area (Å²) >= 11 is 0. The van der Waals surface area contributed by atoms with Crippen LogP contribution >= 0.6 is 0 Å². The predicted octanol–water partition coefficient (Wildman–Crippen LogP) is 3.66. The van der Waals surface area contributed by atoms with Crippen molar-refractivity contribution in [2.75, 3.05) is 0 Å². The minimum absolute atomic E-state index is 0.0131. The predicted molar refractivity (Wildman–Crippen MR) is 120 cm³/mol. The first-order valence-corrected chi connectivity index (χ1v) is 10.5. The molecule has 4 rings (SSSR count). The molecule has 0 aromatic carbocycles. The van der Waals surface area contributed by atoms with E-state index >= 15 is 0 Å². The number of tetrazole rings is 1. The fourth-order valence-electron chi connectivity index (χ4n) is 3.06. The molecule has 0 spiro atoms. The zero-order valence-corrected chi connectivity index (χ0v) is 19.2. The molecule has 0 fully saturated rings. The third kappa shape index (κ3) is 5.71. The van der Waals surface area contributed by atoms with Gasteiger partial charge in [-0.2, -0.15) is 23.3 Å². The Hall–Kier alpha value is -4.62. The van der Waals surface area contributed by atoms with Crippen molar-refractivity contribution in [3.05, 3.63) is 78.3 Å². The normalized spacial score (nSPS) is 12.7. The smallest absolute Gasteiger partial charge is 0.416 e. The van der Waals surface area contributed by atoms with Gasteiger partial charge >= 0.3 is 6.18 Å². The van der Waals surface area contributed by atoms with Crippen LogP contribution in [0.15, 0.2) is 71.5 Å². The van der Waals surface area contributed by atoms with Crippen molar-refractivity contribution in [3.8, 4) is 23.0 Å². The molecule has 0 saturated heterocycles. The van der Waals surface area contributed by atoms with Crippen LogP contribution in [-0.4, -0.2) is 51.3 Å². The van der Waals surface area contributed by atoms with Crippen molar-refractivity contribution in [3.63, 3.8) is 0 Å². The van der Waals surface area contributed by atoms with E-state index in [-0.39, 0.29) is 24.1 Å². The highest BCUT2D eigenvalue weighted by Gasteiger charge is 2.30. The monoisotopic (exact) mass is 499 g/mol. The molecule has 4 aromatic rings. The lowest BCUT2D eigenvalue weighted by Gasteiger charge is -2.08. The van der Waals surface area contributed by atoms with Crippen molar-refractivity contribution in [2.24, 2.45) is 7.05 Å². The molecule has 0 aliphatic heterocycles. The average molecular weight is 499 g/mol. The Balaban J connectivity index is 1.47. The highest BCUT2D eigenvalue weighted by molar-refractivity contribution is 5.59. The van der Waals surface area contributed by atoms with Crippen LogP contribution in [0.4, 0.5) is 13.2 Å². The second-order valence-electron chi connectivity index (χ2n) is 7.50. The fraction of sp³-hybridized carbons (Fsp3) is 0.227. The molecule has 14 heteroatoms. The number of allylic oxidation sites excluding steroid dienone is 5. The molecule has 0 atom stereocenters. The van der Waals surface area contributed by atoms with Gasteiger partial charge in [0, 0.05) is 13.2 Å². The summed E-state index contributed by atoms with van der Waals surface area (Å²) < 4.78 is 52.7. The van der Waals surface area contributed by atoms with Crippen molar-refractivity contribution < 1.29 is 22.4 Å². The van der Waals surface area contributed by atoms with Crippen LogP contribution in [0.5, 0.6) is 0 Å². The number of hydrogen-bond donors (Lipinski definition) is 0. The summed E-state index contributed by atoms with van der Waals surface area (Å²) in [5, 5.41) is 19.2. The molecule has 0 amide bonds. The van der Waals surface area contributed by atoms with Crippen LogP contribution in [0.1, 0.15) is 18.2 Å². The van der Waals surface area contributed by atoms with Gasteiger partial charge in [0.05, 0.1) is 35.3 Å². The SMILES string of the molecule is C=C/C(=C\C=C(/C)OCc1c(-c2nc(-c3ccc(Cn4cnnn4)cn3)no2)cnn1C)C(F)(F)F. The number of ether oxygens (including phenoxy) is 1. The van der Waals surface area contributed by atoms with E-state index in [4.69, 9.17) is 9.26 Å². The van der Waals surface area contributed by atoms with Crippen LogP contribution in [0, 0.1) is 0 Å². The second kappa shape index (κ2) is 10.3. The summed E-state index contributed by atoms with van der Waals surface area (Å²) in [6.07, 6.45) is 3.08. The molecule has 0 aliphatic rings. The number of aromatic nitrogens is 9. The number of halogens is 3. The van der Waals surface area contributed by atoms with E-state index in [1.54, 1.807) is 35.6 Å². The Labute approximate surface area is 202 Å². The summed E-state index contributed by atoms with van der Waals surface area (Å²) in [6, 6.07) is 3.60. The Morgan fingerprint density at radius 2 is 2.06 bits per heavy atom. The number of alkyl halides is 3. The van der Waals surface area contributed by atoms with Crippen LogP contribution in [-0.2, 0) is 24.9 Å². The van der Waals surface area contributed by atoms with Gasteiger partial charge in [-0.1, -0.05) is 23.9 Å². The Morgan fingerprint density at radius 1 is 1.22 bits per heavy atom. The molecular weight excluding hydrogens is 479 g/mol. The largest absolute Gasteiger partial charge is 0.492 e. The van der Waals surface area contributed by atoms with Gasteiger partial charge in [-0.15, -0.1) is 5.10 Å². The van der Waals surface area contributed by atoms with E-state index in [0.29, 0.717) is 23.5 Å². The number of rotatable bonds is 9. The molecule has 4 aromatic heterocycles. The molecule has 0 bridgehead atoms. The van der Waals surface area contributed by atoms with Gasteiger partial charge in [0.15, 0.2) is 0 Å². The first kappa shape index (κ1) is 24.5. The number of aryl methyl sites for hydroxylation is 1. The topological polar surface area (TPSA) is 122 Å². The molecule has 11 nitrogen and oxygen atoms in total. The Morgan fingerprint density at radius 3 is 2.72 bits per heavy atom. The third-order valence-corrected chi connectivity index (χ3v) is 4.99. The standard InChI is InChI=1S/C22H20F3N9O2/c1-4-16(22(23,24)25)7-5-14(2)35-12-19-17(10-28-33(19)3)21-29-20(30-36-21)18-8-6-15(9-26-18)11-34-13-27-31-32-34/h4-10,13H,1,11-12H2,2-3H3/b14-5+,16-7+. The summed E-state index contributed by atoms with van der Waals surface area (Å²) in [4.78, 5) is 8.78. The number of nitrogens with zero attached hydrogens (tertiary/aromatic N) is 9. The van der Waals surface area contributed by atoms with E-state index in [1.807, 2.05) is 6.07 Å². The Bertz CT molecular complexity index is 1390. The first-order valence-electron chi connectivity index (χ1n) is 10.5. The molecular formula is C22H20F3N9O2. The van der Waals surface area contributed by atoms with Gasteiger partial charge < -0.3 is 9.26 Å². The van der Waals surface area contributed by atoms with E-state index in [1.165, 1.54) is 18.6 Å². The molecule has 186 valence electrons. The number of hydrogen-bond acceptors (Lipinski definition) is 9. The molecule has 0 aliphatic carbocycles. The molecule has 0 radical (unpaired) electrons. The maximum Gasteiger partial charge on any atom is 0.416 e. The summed E-state index contributed by atoms with van der Waals surface area (Å²) in [7, 11) is 1.70. The summed E-state index contributed by atoms with van der Waals surface area (Å²) in [6.45, 7) is 5.21. The van der Waals surface area contributed by atoms with Gasteiger partial charge in [0.2, 0.25) is 5.82 Å². The van der Waals surface area contributed by atoms with Crippen molar-refractivity contribution in [2.45, 2.75) is 26.3 Å². The van der Waals surface area contributed by atoms with E-state index in [2.05, 4.69) is 42.3 Å². The zero-order chi connectivity index (χ0) is 25.7. The van der Waals surface area contributed by atoms with E-state index in [0.717, 1.165) is 17.7 Å². The quantitative estimate of drug-likeness (QED) is 0.251. The van der Waals surface area contributed by atoms with Gasteiger partial charge in [-0.25, -0.2) is 4.68 Å². The van der Waals surface area contributed by atoms with Gasteiger partial charge in [0.1, 0.15) is 18.6 Å².